The molecule has 3 aromatic rings. The fraction of sp³-hybridized carbons (Fsp3) is 0.167. The molecule has 0 fully saturated rings. The van der Waals surface area contributed by atoms with E-state index in [0.717, 1.165) is 34.2 Å². The van der Waals surface area contributed by atoms with Gasteiger partial charge in [-0.05, 0) is 42.4 Å². The molecule has 0 saturated carbocycles. The van der Waals surface area contributed by atoms with Gasteiger partial charge in [-0.2, -0.15) is 0 Å². The maximum Gasteiger partial charge on any atom is 0.345 e. The summed E-state index contributed by atoms with van der Waals surface area (Å²) in [6.07, 6.45) is 2.56. The predicted molar refractivity (Wildman–Crippen MR) is 102 cm³/mol. The molecule has 2 aromatic heterocycles. The second-order valence-electron chi connectivity index (χ2n) is 6.03. The molecule has 1 N–H and O–H groups in total. The molecule has 1 amide bonds. The number of nitrogens with zero attached hydrogens (tertiary/aromatic N) is 3. The number of aryl methyl sites for hydroxylation is 2. The number of nitrogens with one attached hydrogen (secondary N) is 1. The van der Waals surface area contributed by atoms with Gasteiger partial charge in [-0.25, -0.2) is 4.98 Å². The molecule has 0 spiro atoms. The maximum absolute atomic E-state index is 12.4. The van der Waals surface area contributed by atoms with Gasteiger partial charge in [0.15, 0.2) is 5.13 Å². The first kappa shape index (κ1) is 18.5. The molecule has 0 unspecified atom stereocenters. The molecular weight excluding hydrogens is 368 g/mol. The predicted octanol–water partition coefficient (Wildman–Crippen LogP) is 3.13. The highest BCUT2D eigenvalue weighted by Crippen LogP contribution is 2.25. The quantitative estimate of drug-likeness (QED) is 0.537. The lowest BCUT2D eigenvalue weighted by atomic mass is 10.1. The third-order valence-electron chi connectivity index (χ3n) is 3.98. The van der Waals surface area contributed by atoms with Crippen LogP contribution < -0.4 is 10.9 Å². The number of hydrogen-bond donors (Lipinski definition) is 1. The number of nitro groups is 1. The van der Waals surface area contributed by atoms with Crippen molar-refractivity contribution < 1.29 is 9.72 Å². The molecule has 0 saturated heterocycles. The molecule has 0 aliphatic heterocycles. The minimum absolute atomic E-state index is 0.124. The Morgan fingerprint density at radius 2 is 2.07 bits per heavy atom. The van der Waals surface area contributed by atoms with E-state index in [9.17, 15) is 19.7 Å². The summed E-state index contributed by atoms with van der Waals surface area (Å²) < 4.78 is 1.46. The lowest BCUT2D eigenvalue weighted by Gasteiger charge is -2.11. The molecule has 1 aromatic carbocycles. The van der Waals surface area contributed by atoms with Crippen molar-refractivity contribution in [2.24, 2.45) is 0 Å². The number of amides is 1. The van der Waals surface area contributed by atoms with Crippen molar-refractivity contribution in [1.82, 2.24) is 9.55 Å². The van der Waals surface area contributed by atoms with Gasteiger partial charge < -0.3 is 4.57 Å². The fourth-order valence-electron chi connectivity index (χ4n) is 2.52. The van der Waals surface area contributed by atoms with Crippen LogP contribution >= 0.6 is 11.3 Å². The Balaban J connectivity index is 1.83. The third kappa shape index (κ3) is 4.26. The van der Waals surface area contributed by atoms with E-state index in [1.807, 2.05) is 32.0 Å². The molecule has 2 heterocycles. The largest absolute Gasteiger partial charge is 0.345 e. The van der Waals surface area contributed by atoms with E-state index in [-0.39, 0.29) is 21.3 Å². The van der Waals surface area contributed by atoms with E-state index >= 15 is 0 Å². The number of benzene rings is 1. The molecule has 3 rings (SSSR count). The first-order valence-corrected chi connectivity index (χ1v) is 8.83. The monoisotopic (exact) mass is 384 g/mol. The summed E-state index contributed by atoms with van der Waals surface area (Å²) in [7, 11) is 0. The average Bonchev–Trinajstić information content (AvgIpc) is 3.08. The molecule has 8 nitrogen and oxygen atoms in total. The number of pyridine rings is 1. The van der Waals surface area contributed by atoms with E-state index < -0.39 is 10.8 Å². The van der Waals surface area contributed by atoms with Crippen molar-refractivity contribution in [2.75, 3.05) is 5.32 Å². The zero-order valence-corrected chi connectivity index (χ0v) is 15.4. The van der Waals surface area contributed by atoms with Crippen molar-refractivity contribution in [3.63, 3.8) is 0 Å². The second-order valence-corrected chi connectivity index (χ2v) is 7.04. The summed E-state index contributed by atoms with van der Waals surface area (Å²) in [5, 5.41) is 13.2. The van der Waals surface area contributed by atoms with Crippen LogP contribution in [0.3, 0.4) is 0 Å². The minimum atomic E-state index is -0.572. The number of carbonyl (C=O) groups is 1. The molecular formula is C18H16N4O4S. The Bertz CT molecular complexity index is 1090. The van der Waals surface area contributed by atoms with E-state index in [1.165, 1.54) is 22.9 Å². The molecule has 138 valence electrons. The smallest absolute Gasteiger partial charge is 0.310 e. The zero-order valence-electron chi connectivity index (χ0n) is 14.6. The Hall–Kier alpha value is -3.33. The van der Waals surface area contributed by atoms with Crippen LogP contribution in [-0.4, -0.2) is 20.4 Å². The van der Waals surface area contributed by atoms with Crippen molar-refractivity contribution in [3.05, 3.63) is 85.4 Å². The zero-order chi connectivity index (χ0) is 19.6. The van der Waals surface area contributed by atoms with Crippen molar-refractivity contribution in [2.45, 2.75) is 20.4 Å². The summed E-state index contributed by atoms with van der Waals surface area (Å²) in [6.45, 7) is 4.28. The highest BCUT2D eigenvalue weighted by atomic mass is 32.1. The lowest BCUT2D eigenvalue weighted by molar-refractivity contribution is -0.380. The van der Waals surface area contributed by atoms with Crippen molar-refractivity contribution >= 4 is 27.4 Å². The Kier molecular flexibility index (Phi) is 5.13. The summed E-state index contributed by atoms with van der Waals surface area (Å²) in [4.78, 5) is 38.5. The first-order chi connectivity index (χ1) is 12.8. The standard InChI is InChI=1S/C18H16N4O4S/c1-11-3-4-12(2)14(7-11)10-21-9-13(5-6-15(21)23)17(24)20-18-19-8-16(27-18)22(25)26/h3-9H,10H2,1-2H3,(H,19,20,24). The number of aromatic nitrogens is 2. The molecule has 0 radical (unpaired) electrons. The van der Waals surface area contributed by atoms with Gasteiger partial charge in [0.1, 0.15) is 6.20 Å². The number of carbonyl (C=O) groups excluding carboxylic acids is 1. The SMILES string of the molecule is Cc1ccc(C)c(Cn2cc(C(=O)Nc3ncc([N+](=O)[O-])s3)ccc2=O)c1. The topological polar surface area (TPSA) is 107 Å². The number of rotatable bonds is 5. The summed E-state index contributed by atoms with van der Waals surface area (Å²) in [5.41, 5.74) is 3.17. The Morgan fingerprint density at radius 1 is 1.30 bits per heavy atom. The molecule has 9 heteroatoms. The fourth-order valence-corrected chi connectivity index (χ4v) is 3.15. The van der Waals surface area contributed by atoms with Crippen LogP contribution in [-0.2, 0) is 6.54 Å². The van der Waals surface area contributed by atoms with E-state index in [1.54, 1.807) is 0 Å². The van der Waals surface area contributed by atoms with Crippen LogP contribution in [0.25, 0.3) is 0 Å². The minimum Gasteiger partial charge on any atom is -0.310 e. The van der Waals surface area contributed by atoms with Crippen LogP contribution in [0.5, 0.6) is 0 Å². The van der Waals surface area contributed by atoms with Gasteiger partial charge in [-0.15, -0.1) is 0 Å². The number of hydrogen-bond acceptors (Lipinski definition) is 6. The van der Waals surface area contributed by atoms with Gasteiger partial charge in [0.2, 0.25) is 0 Å². The van der Waals surface area contributed by atoms with E-state index in [4.69, 9.17) is 0 Å². The first-order valence-electron chi connectivity index (χ1n) is 8.01. The van der Waals surface area contributed by atoms with Gasteiger partial charge in [-0.1, -0.05) is 23.8 Å². The van der Waals surface area contributed by atoms with Gasteiger partial charge in [0.25, 0.3) is 11.5 Å². The number of anilines is 1. The Labute approximate surface area is 158 Å². The molecule has 0 atom stereocenters. The van der Waals surface area contributed by atoms with E-state index in [0.29, 0.717) is 6.54 Å². The third-order valence-corrected chi connectivity index (χ3v) is 4.85. The van der Waals surface area contributed by atoms with Gasteiger partial charge >= 0.3 is 5.00 Å². The number of thiazole rings is 1. The van der Waals surface area contributed by atoms with E-state index in [2.05, 4.69) is 10.3 Å². The Morgan fingerprint density at radius 3 is 2.78 bits per heavy atom. The highest BCUT2D eigenvalue weighted by Gasteiger charge is 2.15. The molecule has 0 bridgehead atoms. The summed E-state index contributed by atoms with van der Waals surface area (Å²) in [6, 6.07) is 8.73. The van der Waals surface area contributed by atoms with Crippen LogP contribution in [0.2, 0.25) is 0 Å². The second kappa shape index (κ2) is 7.50. The summed E-state index contributed by atoms with van der Waals surface area (Å²) >= 11 is 0.767. The van der Waals surface area contributed by atoms with Crippen LogP contribution in [0.1, 0.15) is 27.0 Å². The van der Waals surface area contributed by atoms with Gasteiger partial charge in [0.05, 0.1) is 17.0 Å². The molecule has 0 aliphatic carbocycles. The van der Waals surface area contributed by atoms with Crippen molar-refractivity contribution in [3.8, 4) is 0 Å². The highest BCUT2D eigenvalue weighted by molar-refractivity contribution is 7.18. The van der Waals surface area contributed by atoms with Gasteiger partial charge in [-0.3, -0.25) is 25.0 Å². The lowest BCUT2D eigenvalue weighted by Crippen LogP contribution is -2.22. The summed E-state index contributed by atoms with van der Waals surface area (Å²) in [5.74, 6) is -0.492. The normalized spacial score (nSPS) is 10.6. The molecule has 27 heavy (non-hydrogen) atoms. The molecule has 0 aliphatic rings. The maximum atomic E-state index is 12.4. The van der Waals surface area contributed by atoms with Crippen LogP contribution in [0.4, 0.5) is 10.1 Å². The van der Waals surface area contributed by atoms with Gasteiger partial charge in [0, 0.05) is 12.3 Å². The average molecular weight is 384 g/mol. The van der Waals surface area contributed by atoms with Crippen LogP contribution in [0.15, 0.2) is 47.5 Å². The van der Waals surface area contributed by atoms with Crippen molar-refractivity contribution in [1.29, 1.82) is 0 Å². The van der Waals surface area contributed by atoms with Crippen LogP contribution in [0, 0.1) is 24.0 Å².